The number of benzene rings is 2. The number of halogens is 1. The summed E-state index contributed by atoms with van der Waals surface area (Å²) in [6.45, 7) is -0.0297. The van der Waals surface area contributed by atoms with Crippen LogP contribution in [0.1, 0.15) is 5.56 Å². The number of nitrogens with zero attached hydrogens (tertiary/aromatic N) is 3. The second-order valence-electron chi connectivity index (χ2n) is 5.92. The van der Waals surface area contributed by atoms with E-state index in [1.165, 1.54) is 18.9 Å². The Morgan fingerprint density at radius 3 is 2.66 bits per heavy atom. The largest absolute Gasteiger partial charge is 0.493 e. The van der Waals surface area contributed by atoms with E-state index in [1.54, 1.807) is 29.9 Å². The molecule has 8 nitrogen and oxygen atoms in total. The van der Waals surface area contributed by atoms with Gasteiger partial charge >= 0.3 is 0 Å². The van der Waals surface area contributed by atoms with Gasteiger partial charge in [0, 0.05) is 22.5 Å². The fourth-order valence-corrected chi connectivity index (χ4v) is 3.80. The summed E-state index contributed by atoms with van der Waals surface area (Å²) in [6, 6.07) is 12.7. The van der Waals surface area contributed by atoms with Gasteiger partial charge in [-0.2, -0.15) is 0 Å². The van der Waals surface area contributed by atoms with Crippen molar-refractivity contribution in [3.05, 3.63) is 53.1 Å². The lowest BCUT2D eigenvalue weighted by atomic mass is 10.2. The Bertz CT molecular complexity index is 1010. The summed E-state index contributed by atoms with van der Waals surface area (Å²) in [5.41, 5.74) is 7.43. The van der Waals surface area contributed by atoms with Crippen molar-refractivity contribution in [2.75, 3.05) is 25.3 Å². The number of aromatic nitrogens is 3. The van der Waals surface area contributed by atoms with E-state index in [2.05, 4.69) is 15.5 Å². The van der Waals surface area contributed by atoms with Gasteiger partial charge in [0.2, 0.25) is 11.9 Å². The third-order valence-corrected chi connectivity index (χ3v) is 5.41. The Labute approximate surface area is 177 Å². The number of nitrogens with one attached hydrogen (secondary N) is 1. The van der Waals surface area contributed by atoms with Crippen LogP contribution in [0.25, 0.3) is 0 Å². The molecule has 0 radical (unpaired) electrons. The van der Waals surface area contributed by atoms with Crippen LogP contribution >= 0.6 is 23.4 Å². The second-order valence-corrected chi connectivity index (χ2v) is 7.27. The highest BCUT2D eigenvalue weighted by Crippen LogP contribution is 2.30. The van der Waals surface area contributed by atoms with E-state index in [4.69, 9.17) is 26.8 Å². The van der Waals surface area contributed by atoms with Crippen molar-refractivity contribution in [3.63, 3.8) is 0 Å². The van der Waals surface area contributed by atoms with Gasteiger partial charge in [0.05, 0.1) is 14.2 Å². The number of hydrogen-bond donors (Lipinski definition) is 2. The maximum absolute atomic E-state index is 12.5. The molecule has 29 heavy (non-hydrogen) atoms. The fourth-order valence-electron chi connectivity index (χ4n) is 2.57. The minimum atomic E-state index is -0.275. The molecule has 0 fully saturated rings. The number of methoxy groups -OCH3 is 2. The molecule has 3 aromatic rings. The summed E-state index contributed by atoms with van der Waals surface area (Å²) >= 11 is 7.60. The molecule has 0 aliphatic rings. The summed E-state index contributed by atoms with van der Waals surface area (Å²) in [5, 5.41) is 12.0. The van der Waals surface area contributed by atoms with E-state index in [1.807, 2.05) is 24.3 Å². The molecule has 3 rings (SSSR count). The first kappa shape index (κ1) is 20.8. The number of amides is 1. The lowest BCUT2D eigenvalue weighted by Crippen LogP contribution is -2.20. The number of nitrogen functional groups attached to an aromatic ring is 1. The van der Waals surface area contributed by atoms with Gasteiger partial charge in [-0.05, 0) is 23.8 Å². The number of carbonyl (C=O) groups is 1. The van der Waals surface area contributed by atoms with Gasteiger partial charge in [-0.3, -0.25) is 9.36 Å². The minimum Gasteiger partial charge on any atom is -0.493 e. The van der Waals surface area contributed by atoms with Gasteiger partial charge in [0.25, 0.3) is 0 Å². The monoisotopic (exact) mass is 433 g/mol. The van der Waals surface area contributed by atoms with Gasteiger partial charge in [-0.1, -0.05) is 41.6 Å². The molecule has 0 saturated heterocycles. The van der Waals surface area contributed by atoms with Crippen LogP contribution in [0, 0.1) is 0 Å². The summed E-state index contributed by atoms with van der Waals surface area (Å²) in [7, 11) is 3.08. The highest BCUT2D eigenvalue weighted by molar-refractivity contribution is 7.98. The Morgan fingerprint density at radius 2 is 1.93 bits per heavy atom. The van der Waals surface area contributed by atoms with Crippen molar-refractivity contribution in [2.45, 2.75) is 17.5 Å². The number of nitrogens with two attached hydrogens (primary N) is 1. The van der Waals surface area contributed by atoms with Crippen LogP contribution in [0.5, 0.6) is 11.5 Å². The van der Waals surface area contributed by atoms with E-state index in [0.717, 1.165) is 5.56 Å². The number of thioether (sulfide) groups is 1. The first-order valence-corrected chi connectivity index (χ1v) is 9.95. The fraction of sp³-hybridized carbons (Fsp3) is 0.211. The minimum absolute atomic E-state index is 0.0297. The number of carbonyl (C=O) groups excluding carboxylic acids is 1. The standard InChI is InChI=1S/C19H20ClN5O3S/c1-27-15-8-7-13(9-16(15)28-2)22-17(26)10-25-18(21)23-24-19(25)29-11-12-5-3-4-6-14(12)20/h3-9H,10-11H2,1-2H3,(H2,21,23)(H,22,26). The highest BCUT2D eigenvalue weighted by atomic mass is 35.5. The first-order valence-electron chi connectivity index (χ1n) is 8.58. The van der Waals surface area contributed by atoms with Gasteiger partial charge in [0.15, 0.2) is 16.7 Å². The lowest BCUT2D eigenvalue weighted by Gasteiger charge is -2.12. The van der Waals surface area contributed by atoms with Crippen molar-refractivity contribution in [1.82, 2.24) is 14.8 Å². The zero-order valence-electron chi connectivity index (χ0n) is 15.9. The van der Waals surface area contributed by atoms with Crippen molar-refractivity contribution in [2.24, 2.45) is 0 Å². The maximum Gasteiger partial charge on any atom is 0.244 e. The third kappa shape index (κ3) is 5.12. The molecule has 0 bridgehead atoms. The molecule has 0 atom stereocenters. The van der Waals surface area contributed by atoms with Gasteiger partial charge < -0.3 is 20.5 Å². The molecule has 1 heterocycles. The van der Waals surface area contributed by atoms with Crippen LogP contribution < -0.4 is 20.5 Å². The smallest absolute Gasteiger partial charge is 0.244 e. The van der Waals surface area contributed by atoms with Crippen LogP contribution in [0.3, 0.4) is 0 Å². The Hall–Kier alpha value is -2.91. The van der Waals surface area contributed by atoms with E-state index in [-0.39, 0.29) is 18.4 Å². The number of ether oxygens (including phenoxy) is 2. The Balaban J connectivity index is 1.68. The molecular formula is C19H20ClN5O3S. The van der Waals surface area contributed by atoms with Crippen LogP contribution in [-0.4, -0.2) is 34.9 Å². The van der Waals surface area contributed by atoms with Gasteiger partial charge in [0.1, 0.15) is 6.54 Å². The molecular weight excluding hydrogens is 414 g/mol. The average molecular weight is 434 g/mol. The topological polar surface area (TPSA) is 104 Å². The third-order valence-electron chi connectivity index (χ3n) is 4.03. The van der Waals surface area contributed by atoms with E-state index in [0.29, 0.717) is 33.1 Å². The predicted octanol–water partition coefficient (Wildman–Crippen LogP) is 3.46. The molecule has 0 saturated carbocycles. The summed E-state index contributed by atoms with van der Waals surface area (Å²) in [4.78, 5) is 12.5. The number of hydrogen-bond acceptors (Lipinski definition) is 7. The molecule has 1 aromatic heterocycles. The lowest BCUT2D eigenvalue weighted by molar-refractivity contribution is -0.116. The molecule has 0 spiro atoms. The number of rotatable bonds is 8. The molecule has 1 amide bonds. The SMILES string of the molecule is COc1ccc(NC(=O)Cn2c(N)nnc2SCc2ccccc2Cl)cc1OC. The van der Waals surface area contributed by atoms with Crippen LogP contribution in [-0.2, 0) is 17.1 Å². The van der Waals surface area contributed by atoms with Gasteiger partial charge in [-0.25, -0.2) is 0 Å². The van der Waals surface area contributed by atoms with Crippen molar-refractivity contribution in [1.29, 1.82) is 0 Å². The maximum atomic E-state index is 12.5. The summed E-state index contributed by atoms with van der Waals surface area (Å²) in [5.74, 6) is 1.56. The zero-order chi connectivity index (χ0) is 20.8. The second kappa shape index (κ2) is 9.53. The predicted molar refractivity (Wildman–Crippen MR) is 114 cm³/mol. The Kier molecular flexibility index (Phi) is 6.84. The van der Waals surface area contributed by atoms with Crippen molar-refractivity contribution >= 4 is 40.9 Å². The summed E-state index contributed by atoms with van der Waals surface area (Å²) < 4.78 is 12.0. The quantitative estimate of drug-likeness (QED) is 0.524. The molecule has 3 N–H and O–H groups in total. The van der Waals surface area contributed by atoms with Crippen LogP contribution in [0.15, 0.2) is 47.6 Å². The highest BCUT2D eigenvalue weighted by Gasteiger charge is 2.15. The summed E-state index contributed by atoms with van der Waals surface area (Å²) in [6.07, 6.45) is 0. The molecule has 10 heteroatoms. The van der Waals surface area contributed by atoms with Crippen molar-refractivity contribution < 1.29 is 14.3 Å². The van der Waals surface area contributed by atoms with Crippen LogP contribution in [0.4, 0.5) is 11.6 Å². The van der Waals surface area contributed by atoms with Gasteiger partial charge in [-0.15, -0.1) is 10.2 Å². The molecule has 152 valence electrons. The zero-order valence-corrected chi connectivity index (χ0v) is 17.5. The molecule has 2 aromatic carbocycles. The molecule has 0 aliphatic heterocycles. The molecule has 0 unspecified atom stereocenters. The average Bonchev–Trinajstić information content (AvgIpc) is 3.06. The van der Waals surface area contributed by atoms with E-state index in [9.17, 15) is 4.79 Å². The molecule has 0 aliphatic carbocycles. The van der Waals surface area contributed by atoms with E-state index >= 15 is 0 Å². The Morgan fingerprint density at radius 1 is 1.17 bits per heavy atom. The van der Waals surface area contributed by atoms with Crippen LogP contribution in [0.2, 0.25) is 5.02 Å². The van der Waals surface area contributed by atoms with E-state index < -0.39 is 0 Å². The van der Waals surface area contributed by atoms with Crippen molar-refractivity contribution in [3.8, 4) is 11.5 Å². The normalized spacial score (nSPS) is 10.6. The first-order chi connectivity index (χ1) is 14.0. The number of anilines is 2.